The average molecular weight is 810 g/mol. The molecule has 0 spiro atoms. The fourth-order valence-electron chi connectivity index (χ4n) is 8.02. The molecule has 0 radical (unpaired) electrons. The molecular weight excluding hydrogens is 711 g/mol. The summed E-state index contributed by atoms with van der Waals surface area (Å²) in [6.07, 6.45) is 37.2. The largest absolute Gasteiger partial charge is 0.466 e. The average Bonchev–Trinajstić information content (AvgIpc) is 3.19. The lowest BCUT2D eigenvalue weighted by molar-refractivity contribution is -0.146. The highest BCUT2D eigenvalue weighted by atomic mass is 16.6. The number of esters is 2. The monoisotopic (exact) mass is 810 g/mol. The highest BCUT2D eigenvalue weighted by molar-refractivity contribution is 5.70. The number of hydrogen-bond acceptors (Lipinski definition) is 7. The van der Waals surface area contributed by atoms with Gasteiger partial charge in [0, 0.05) is 12.8 Å². The van der Waals surface area contributed by atoms with Crippen molar-refractivity contribution in [3.8, 4) is 0 Å². The van der Waals surface area contributed by atoms with Gasteiger partial charge in [-0.05, 0) is 96.2 Å². The number of carbonyl (C=O) groups excluding carboxylic acids is 2. The van der Waals surface area contributed by atoms with E-state index in [9.17, 15) is 14.7 Å². The number of aliphatic hydroxyl groups is 1. The first-order valence-electron chi connectivity index (χ1n) is 25.1. The van der Waals surface area contributed by atoms with E-state index >= 15 is 0 Å². The highest BCUT2D eigenvalue weighted by Gasteiger charge is 2.17. The van der Waals surface area contributed by atoms with E-state index in [4.69, 9.17) is 14.2 Å². The van der Waals surface area contributed by atoms with Crippen LogP contribution in [0.15, 0.2) is 0 Å². The Labute approximate surface area is 355 Å². The summed E-state index contributed by atoms with van der Waals surface area (Å²) in [6, 6.07) is 0. The first-order valence-corrected chi connectivity index (χ1v) is 25.1. The van der Waals surface area contributed by atoms with Gasteiger partial charge in [-0.3, -0.25) is 9.59 Å². The maximum Gasteiger partial charge on any atom is 0.306 e. The van der Waals surface area contributed by atoms with Crippen molar-refractivity contribution in [1.29, 1.82) is 0 Å². The minimum absolute atomic E-state index is 0.00554. The summed E-state index contributed by atoms with van der Waals surface area (Å²) in [5.74, 6) is 0.992. The molecule has 0 aliphatic heterocycles. The number of hydrogen-bond donors (Lipinski definition) is 1. The SMILES string of the molecule is CCCCCC(CCCCC)CC(=O)OCCCCCCCCC(CCCCCCCCOC(=O)CC(CCCCC)CCCCC)OC(O)CCCN(C)CC. The standard InChI is InChI=1S/C50H99NO6/c1-7-12-24-33-45(34-25-13-8-2)43-49(53)55-41-30-22-18-16-20-28-37-47(57-48(52)39-32-40-51(6)11-5)38-29-21-17-19-23-31-42-56-50(54)44-46(35-26-14-9-3)36-27-15-10-4/h45-48,52H,7-44H2,1-6H3. The second-order valence-corrected chi connectivity index (χ2v) is 17.6. The maximum absolute atomic E-state index is 12.5. The zero-order chi connectivity index (χ0) is 42.0. The summed E-state index contributed by atoms with van der Waals surface area (Å²) in [5.41, 5.74) is 0. The van der Waals surface area contributed by atoms with Crippen LogP contribution in [0.25, 0.3) is 0 Å². The van der Waals surface area contributed by atoms with Gasteiger partial charge in [-0.2, -0.15) is 0 Å². The van der Waals surface area contributed by atoms with Gasteiger partial charge in [-0.15, -0.1) is 0 Å². The Morgan fingerprint density at radius 2 is 0.807 bits per heavy atom. The van der Waals surface area contributed by atoms with Crippen LogP contribution in [0.3, 0.4) is 0 Å². The first kappa shape index (κ1) is 55.8. The van der Waals surface area contributed by atoms with Crippen molar-refractivity contribution in [2.24, 2.45) is 11.8 Å². The predicted octanol–water partition coefficient (Wildman–Crippen LogP) is 14.3. The molecule has 1 atom stereocenters. The number of nitrogens with zero attached hydrogens (tertiary/aromatic N) is 1. The molecule has 0 bridgehead atoms. The van der Waals surface area contributed by atoms with E-state index in [1.807, 2.05) is 0 Å². The van der Waals surface area contributed by atoms with Crippen molar-refractivity contribution < 1.29 is 28.9 Å². The number of aliphatic hydroxyl groups excluding tert-OH is 1. The lowest BCUT2D eigenvalue weighted by atomic mass is 9.92. The molecule has 57 heavy (non-hydrogen) atoms. The van der Waals surface area contributed by atoms with Crippen molar-refractivity contribution in [1.82, 2.24) is 4.90 Å². The summed E-state index contributed by atoms with van der Waals surface area (Å²) in [5, 5.41) is 10.7. The first-order chi connectivity index (χ1) is 27.8. The van der Waals surface area contributed by atoms with Crippen molar-refractivity contribution in [2.45, 2.75) is 265 Å². The van der Waals surface area contributed by atoms with Crippen LogP contribution in [-0.4, -0.2) is 67.7 Å². The Morgan fingerprint density at radius 3 is 1.18 bits per heavy atom. The molecule has 0 aliphatic rings. The Balaban J connectivity index is 4.36. The van der Waals surface area contributed by atoms with Crippen LogP contribution >= 0.6 is 0 Å². The molecule has 340 valence electrons. The molecule has 7 heteroatoms. The molecule has 0 amide bonds. The van der Waals surface area contributed by atoms with E-state index < -0.39 is 6.29 Å². The molecule has 7 nitrogen and oxygen atoms in total. The van der Waals surface area contributed by atoms with Crippen molar-refractivity contribution in [3.05, 3.63) is 0 Å². The van der Waals surface area contributed by atoms with Crippen molar-refractivity contribution in [3.63, 3.8) is 0 Å². The molecule has 0 aromatic carbocycles. The molecular formula is C50H99NO6. The number of carbonyl (C=O) groups is 2. The number of unbranched alkanes of at least 4 members (excludes halogenated alkanes) is 18. The van der Waals surface area contributed by atoms with Crippen LogP contribution in [0.1, 0.15) is 253 Å². The fourth-order valence-corrected chi connectivity index (χ4v) is 8.02. The molecule has 1 N–H and O–H groups in total. The molecule has 0 heterocycles. The van der Waals surface area contributed by atoms with Gasteiger partial charge in [-0.25, -0.2) is 0 Å². The molecule has 0 saturated carbocycles. The van der Waals surface area contributed by atoms with Gasteiger partial charge >= 0.3 is 11.9 Å². The van der Waals surface area contributed by atoms with Crippen LogP contribution < -0.4 is 0 Å². The van der Waals surface area contributed by atoms with Gasteiger partial charge in [-0.1, -0.05) is 176 Å². The Morgan fingerprint density at radius 1 is 0.456 bits per heavy atom. The third kappa shape index (κ3) is 38.8. The maximum atomic E-state index is 12.5. The number of ether oxygens (including phenoxy) is 3. The second-order valence-electron chi connectivity index (χ2n) is 17.6. The van der Waals surface area contributed by atoms with Gasteiger partial charge < -0.3 is 24.2 Å². The minimum atomic E-state index is -0.684. The van der Waals surface area contributed by atoms with Gasteiger partial charge in [0.25, 0.3) is 0 Å². The summed E-state index contributed by atoms with van der Waals surface area (Å²) in [6.45, 7) is 14.2. The lowest BCUT2D eigenvalue weighted by Gasteiger charge is -2.23. The summed E-state index contributed by atoms with van der Waals surface area (Å²) >= 11 is 0. The molecule has 0 aromatic rings. The Kier molecular flexibility index (Phi) is 42.0. The molecule has 1 unspecified atom stereocenters. The Bertz CT molecular complexity index is 779. The van der Waals surface area contributed by atoms with E-state index in [1.165, 1.54) is 116 Å². The third-order valence-corrected chi connectivity index (χ3v) is 12.0. The quantitative estimate of drug-likeness (QED) is 0.0372. The molecule has 0 fully saturated rings. The zero-order valence-corrected chi connectivity index (χ0v) is 39.1. The summed E-state index contributed by atoms with van der Waals surface area (Å²) in [7, 11) is 2.12. The fraction of sp³-hybridized carbons (Fsp3) is 0.960. The van der Waals surface area contributed by atoms with Crippen LogP contribution in [0, 0.1) is 11.8 Å². The summed E-state index contributed by atoms with van der Waals surface area (Å²) in [4.78, 5) is 27.4. The van der Waals surface area contributed by atoms with Crippen LogP contribution in [0.4, 0.5) is 0 Å². The smallest absolute Gasteiger partial charge is 0.306 e. The van der Waals surface area contributed by atoms with Crippen LogP contribution in [0.2, 0.25) is 0 Å². The van der Waals surface area contributed by atoms with Gasteiger partial charge in [0.1, 0.15) is 0 Å². The van der Waals surface area contributed by atoms with Crippen molar-refractivity contribution in [2.75, 3.05) is 33.4 Å². The highest BCUT2D eigenvalue weighted by Crippen LogP contribution is 2.24. The van der Waals surface area contributed by atoms with E-state index in [2.05, 4.69) is 46.6 Å². The Hall–Kier alpha value is -1.18. The molecule has 0 aromatic heterocycles. The lowest BCUT2D eigenvalue weighted by Crippen LogP contribution is -2.24. The normalized spacial score (nSPS) is 12.4. The van der Waals surface area contributed by atoms with Gasteiger partial charge in [0.05, 0.1) is 19.3 Å². The molecule has 0 aliphatic carbocycles. The molecule has 0 rings (SSSR count). The minimum Gasteiger partial charge on any atom is -0.466 e. The van der Waals surface area contributed by atoms with Gasteiger partial charge in [0.15, 0.2) is 6.29 Å². The third-order valence-electron chi connectivity index (χ3n) is 12.0. The number of rotatable bonds is 45. The second kappa shape index (κ2) is 42.9. The van der Waals surface area contributed by atoms with Crippen LogP contribution in [0.5, 0.6) is 0 Å². The van der Waals surface area contributed by atoms with Gasteiger partial charge in [0.2, 0.25) is 0 Å². The predicted molar refractivity (Wildman–Crippen MR) is 243 cm³/mol. The molecule has 0 saturated heterocycles. The summed E-state index contributed by atoms with van der Waals surface area (Å²) < 4.78 is 17.5. The zero-order valence-electron chi connectivity index (χ0n) is 39.1. The van der Waals surface area contributed by atoms with Crippen molar-refractivity contribution >= 4 is 11.9 Å². The topological polar surface area (TPSA) is 85.3 Å². The van der Waals surface area contributed by atoms with E-state index in [1.54, 1.807) is 0 Å². The van der Waals surface area contributed by atoms with E-state index in [0.29, 0.717) is 44.3 Å². The van der Waals surface area contributed by atoms with Crippen LogP contribution in [-0.2, 0) is 23.8 Å². The van der Waals surface area contributed by atoms with E-state index in [-0.39, 0.29) is 18.0 Å². The van der Waals surface area contributed by atoms with E-state index in [0.717, 1.165) is 96.6 Å².